The molecule has 80 valence electrons. The Morgan fingerprint density at radius 3 is 2.73 bits per heavy atom. The highest BCUT2D eigenvalue weighted by Gasteiger charge is 2.23. The quantitative estimate of drug-likeness (QED) is 0.579. The van der Waals surface area contributed by atoms with E-state index in [0.717, 1.165) is 24.6 Å². The molecule has 0 bridgehead atoms. The van der Waals surface area contributed by atoms with Crippen molar-refractivity contribution >= 4 is 5.84 Å². The van der Waals surface area contributed by atoms with E-state index >= 15 is 0 Å². The number of hydrogen-bond donors (Lipinski definition) is 1. The van der Waals surface area contributed by atoms with E-state index < -0.39 is 0 Å². The van der Waals surface area contributed by atoms with Gasteiger partial charge in [-0.15, -0.1) is 0 Å². The van der Waals surface area contributed by atoms with Crippen LogP contribution in [0.15, 0.2) is 30.3 Å². The van der Waals surface area contributed by atoms with Gasteiger partial charge in [-0.25, -0.2) is 0 Å². The van der Waals surface area contributed by atoms with Crippen molar-refractivity contribution in [1.29, 1.82) is 5.41 Å². The monoisotopic (exact) mass is 202 g/mol. The second kappa shape index (κ2) is 4.47. The van der Waals surface area contributed by atoms with Crippen molar-refractivity contribution in [2.45, 2.75) is 19.8 Å². The number of benzene rings is 1. The van der Waals surface area contributed by atoms with Crippen molar-refractivity contribution in [2.24, 2.45) is 5.92 Å². The molecule has 1 fully saturated rings. The molecule has 0 aromatic heterocycles. The molecule has 0 aliphatic carbocycles. The highest BCUT2D eigenvalue weighted by atomic mass is 15.2. The third-order valence-electron chi connectivity index (χ3n) is 3.23. The smallest absolute Gasteiger partial charge is 0.128 e. The van der Waals surface area contributed by atoms with Gasteiger partial charge in [0.25, 0.3) is 0 Å². The molecule has 1 aliphatic rings. The highest BCUT2D eigenvalue weighted by molar-refractivity contribution is 5.96. The molecular formula is C13H18N2. The largest absolute Gasteiger partial charge is 0.356 e. The molecule has 1 aromatic carbocycles. The summed E-state index contributed by atoms with van der Waals surface area (Å²) in [7, 11) is 0. The molecule has 1 saturated heterocycles. The third kappa shape index (κ3) is 2.20. The molecule has 0 spiro atoms. The fourth-order valence-corrected chi connectivity index (χ4v) is 2.15. The van der Waals surface area contributed by atoms with Gasteiger partial charge in [-0.05, 0) is 12.3 Å². The van der Waals surface area contributed by atoms with Gasteiger partial charge in [0.15, 0.2) is 0 Å². The topological polar surface area (TPSA) is 27.1 Å². The van der Waals surface area contributed by atoms with Crippen LogP contribution in [0.25, 0.3) is 0 Å². The van der Waals surface area contributed by atoms with E-state index in [1.165, 1.54) is 12.8 Å². The maximum absolute atomic E-state index is 8.12. The Balaban J connectivity index is 2.04. The van der Waals surface area contributed by atoms with Crippen LogP contribution in [0.4, 0.5) is 0 Å². The van der Waals surface area contributed by atoms with Crippen LogP contribution in [-0.4, -0.2) is 23.8 Å². The minimum atomic E-state index is 0.687. The van der Waals surface area contributed by atoms with Gasteiger partial charge in [-0.3, -0.25) is 5.41 Å². The Kier molecular flexibility index (Phi) is 3.05. The number of rotatable bonds is 2. The Morgan fingerprint density at radius 2 is 2.13 bits per heavy atom. The van der Waals surface area contributed by atoms with Crippen LogP contribution in [0.5, 0.6) is 0 Å². The lowest BCUT2D eigenvalue weighted by molar-refractivity contribution is 0.471. The Morgan fingerprint density at radius 1 is 1.40 bits per heavy atom. The highest BCUT2D eigenvalue weighted by Crippen LogP contribution is 2.20. The molecule has 1 atom stereocenters. The van der Waals surface area contributed by atoms with Crippen molar-refractivity contribution in [1.82, 2.24) is 4.90 Å². The minimum Gasteiger partial charge on any atom is -0.356 e. The van der Waals surface area contributed by atoms with Crippen LogP contribution in [0, 0.1) is 11.3 Å². The van der Waals surface area contributed by atoms with Gasteiger partial charge < -0.3 is 4.90 Å². The van der Waals surface area contributed by atoms with Crippen LogP contribution < -0.4 is 0 Å². The summed E-state index contributed by atoms with van der Waals surface area (Å²) in [6.45, 7) is 4.34. The molecule has 1 aliphatic heterocycles. The summed E-state index contributed by atoms with van der Waals surface area (Å²) in [6, 6.07) is 10.0. The standard InChI is InChI=1S/C13H18N2/c1-2-11-8-9-15(10-11)13(14)12-6-4-3-5-7-12/h3-7,11,14H,2,8-10H2,1H3. The number of amidine groups is 1. The number of nitrogens with zero attached hydrogens (tertiary/aromatic N) is 1. The molecule has 1 unspecified atom stereocenters. The number of hydrogen-bond acceptors (Lipinski definition) is 1. The number of nitrogens with one attached hydrogen (secondary N) is 1. The molecule has 0 amide bonds. The first-order valence-corrected chi connectivity index (χ1v) is 5.70. The second-order valence-electron chi connectivity index (χ2n) is 4.22. The predicted molar refractivity (Wildman–Crippen MR) is 63.2 cm³/mol. The van der Waals surface area contributed by atoms with Crippen LogP contribution in [0.2, 0.25) is 0 Å². The Bertz CT molecular complexity index is 332. The summed E-state index contributed by atoms with van der Waals surface area (Å²) in [6.07, 6.45) is 2.48. The van der Waals surface area contributed by atoms with Gasteiger partial charge in [0.1, 0.15) is 5.84 Å². The normalized spacial score (nSPS) is 20.6. The Labute approximate surface area is 91.4 Å². The molecule has 1 aromatic rings. The molecule has 2 nitrogen and oxygen atoms in total. The van der Waals surface area contributed by atoms with E-state index in [1.54, 1.807) is 0 Å². The first-order valence-electron chi connectivity index (χ1n) is 5.70. The second-order valence-corrected chi connectivity index (χ2v) is 4.22. The first-order chi connectivity index (χ1) is 7.31. The summed E-state index contributed by atoms with van der Waals surface area (Å²) in [5.74, 6) is 1.47. The van der Waals surface area contributed by atoms with Crippen LogP contribution in [0.1, 0.15) is 25.3 Å². The first kappa shape index (κ1) is 10.2. The zero-order valence-corrected chi connectivity index (χ0v) is 9.24. The van der Waals surface area contributed by atoms with Gasteiger partial charge >= 0.3 is 0 Å². The average molecular weight is 202 g/mol. The van der Waals surface area contributed by atoms with E-state index in [1.807, 2.05) is 30.3 Å². The molecule has 1 heterocycles. The van der Waals surface area contributed by atoms with Crippen molar-refractivity contribution < 1.29 is 0 Å². The summed E-state index contributed by atoms with van der Waals surface area (Å²) in [5, 5.41) is 8.12. The fraction of sp³-hybridized carbons (Fsp3) is 0.462. The minimum absolute atomic E-state index is 0.687. The van der Waals surface area contributed by atoms with E-state index in [-0.39, 0.29) is 0 Å². The van der Waals surface area contributed by atoms with Gasteiger partial charge in [-0.2, -0.15) is 0 Å². The third-order valence-corrected chi connectivity index (χ3v) is 3.23. The van der Waals surface area contributed by atoms with Gasteiger partial charge in [0, 0.05) is 18.7 Å². The van der Waals surface area contributed by atoms with E-state index in [2.05, 4.69) is 11.8 Å². The number of likely N-dealkylation sites (tertiary alicyclic amines) is 1. The summed E-state index contributed by atoms with van der Waals surface area (Å²) in [5.41, 5.74) is 1.04. The molecule has 1 N–H and O–H groups in total. The Hall–Kier alpha value is -1.31. The lowest BCUT2D eigenvalue weighted by Gasteiger charge is -2.19. The molecule has 15 heavy (non-hydrogen) atoms. The van der Waals surface area contributed by atoms with E-state index in [9.17, 15) is 0 Å². The van der Waals surface area contributed by atoms with Crippen molar-refractivity contribution in [3.63, 3.8) is 0 Å². The lowest BCUT2D eigenvalue weighted by Crippen LogP contribution is -2.28. The summed E-state index contributed by atoms with van der Waals surface area (Å²) in [4.78, 5) is 2.20. The molecule has 0 radical (unpaired) electrons. The summed E-state index contributed by atoms with van der Waals surface area (Å²) < 4.78 is 0. The van der Waals surface area contributed by atoms with Gasteiger partial charge in [0.05, 0.1) is 0 Å². The van der Waals surface area contributed by atoms with Gasteiger partial charge in [-0.1, -0.05) is 43.7 Å². The zero-order chi connectivity index (χ0) is 10.7. The summed E-state index contributed by atoms with van der Waals surface area (Å²) >= 11 is 0. The van der Waals surface area contributed by atoms with Crippen LogP contribution >= 0.6 is 0 Å². The van der Waals surface area contributed by atoms with Crippen LogP contribution in [0.3, 0.4) is 0 Å². The van der Waals surface area contributed by atoms with E-state index in [0.29, 0.717) is 5.84 Å². The predicted octanol–water partition coefficient (Wildman–Crippen LogP) is 2.74. The molecule has 2 rings (SSSR count). The molecular weight excluding hydrogens is 184 g/mol. The van der Waals surface area contributed by atoms with Crippen molar-refractivity contribution in [2.75, 3.05) is 13.1 Å². The van der Waals surface area contributed by atoms with E-state index in [4.69, 9.17) is 5.41 Å². The molecule has 0 saturated carbocycles. The molecule has 2 heteroatoms. The maximum atomic E-state index is 8.12. The van der Waals surface area contributed by atoms with Crippen LogP contribution in [-0.2, 0) is 0 Å². The SMILES string of the molecule is CCC1CCN(C(=N)c2ccccc2)C1. The average Bonchev–Trinajstić information content (AvgIpc) is 2.78. The zero-order valence-electron chi connectivity index (χ0n) is 9.24. The fourth-order valence-electron chi connectivity index (χ4n) is 2.15. The van der Waals surface area contributed by atoms with Crippen molar-refractivity contribution in [3.05, 3.63) is 35.9 Å². The lowest BCUT2D eigenvalue weighted by atomic mass is 10.1. The van der Waals surface area contributed by atoms with Crippen molar-refractivity contribution in [3.8, 4) is 0 Å². The maximum Gasteiger partial charge on any atom is 0.128 e. The van der Waals surface area contributed by atoms with Gasteiger partial charge in [0.2, 0.25) is 0 Å².